The van der Waals surface area contributed by atoms with Crippen molar-refractivity contribution in [3.05, 3.63) is 88.3 Å². The van der Waals surface area contributed by atoms with E-state index in [2.05, 4.69) is 46.1 Å². The molecule has 0 saturated heterocycles. The maximum Gasteiger partial charge on any atom is 0.249 e. The van der Waals surface area contributed by atoms with Crippen LogP contribution in [-0.2, 0) is 29.0 Å². The quantitative estimate of drug-likeness (QED) is 0.339. The van der Waals surface area contributed by atoms with Crippen molar-refractivity contribution in [2.45, 2.75) is 58.7 Å². The Kier molecular flexibility index (Phi) is 7.89. The number of nitrogens with zero attached hydrogens (tertiary/aromatic N) is 2. The van der Waals surface area contributed by atoms with Gasteiger partial charge >= 0.3 is 0 Å². The number of methoxy groups -OCH3 is 1. The zero-order chi connectivity index (χ0) is 28.4. The van der Waals surface area contributed by atoms with E-state index >= 15 is 0 Å². The summed E-state index contributed by atoms with van der Waals surface area (Å²) >= 11 is 0. The van der Waals surface area contributed by atoms with Gasteiger partial charge in [0, 0.05) is 23.2 Å². The number of amides is 2. The molecule has 2 N–H and O–H groups in total. The van der Waals surface area contributed by atoms with Gasteiger partial charge in [0.15, 0.2) is 0 Å². The molecule has 5 rings (SSSR count). The molecule has 0 radical (unpaired) electrons. The number of carbonyl (C=O) groups excluding carboxylic acids is 2. The van der Waals surface area contributed by atoms with E-state index in [9.17, 15) is 9.59 Å². The molecule has 0 spiro atoms. The Labute approximate surface area is 234 Å². The fourth-order valence-electron chi connectivity index (χ4n) is 5.45. The molecule has 2 amide bonds. The maximum absolute atomic E-state index is 14.0. The molecule has 2 unspecified atom stereocenters. The summed E-state index contributed by atoms with van der Waals surface area (Å²) in [6, 6.07) is 17.3. The average molecular weight is 541 g/mol. The van der Waals surface area contributed by atoms with E-state index in [-0.39, 0.29) is 11.8 Å². The molecule has 0 aliphatic carbocycles. The third kappa shape index (κ3) is 5.31. The fraction of sp³-hybridized carbons (Fsp3) is 0.344. The lowest BCUT2D eigenvalue weighted by Gasteiger charge is -2.28. The van der Waals surface area contributed by atoms with Crippen molar-refractivity contribution in [2.24, 2.45) is 0 Å². The van der Waals surface area contributed by atoms with Crippen LogP contribution in [0.5, 0.6) is 5.75 Å². The Hall–Kier alpha value is -4.17. The number of ether oxygens (including phenoxy) is 1. The molecule has 2 atom stereocenters. The molecular weight excluding hydrogens is 504 g/mol. The minimum Gasteiger partial charge on any atom is -0.496 e. The first kappa shape index (κ1) is 27.4. The summed E-state index contributed by atoms with van der Waals surface area (Å²) in [5.74, 6) is 1.22. The Morgan fingerprint density at radius 2 is 1.95 bits per heavy atom. The van der Waals surface area contributed by atoms with E-state index in [1.54, 1.807) is 26.0 Å². The molecule has 8 heteroatoms. The van der Waals surface area contributed by atoms with Crippen molar-refractivity contribution in [3.8, 4) is 5.75 Å². The minimum absolute atomic E-state index is 0.129. The highest BCUT2D eigenvalue weighted by Gasteiger charge is 2.33. The van der Waals surface area contributed by atoms with E-state index in [1.807, 2.05) is 38.1 Å². The summed E-state index contributed by atoms with van der Waals surface area (Å²) in [4.78, 5) is 28.6. The molecule has 40 heavy (non-hydrogen) atoms. The summed E-state index contributed by atoms with van der Waals surface area (Å²) in [5.41, 5.74) is 6.01. The summed E-state index contributed by atoms with van der Waals surface area (Å²) < 4.78 is 11.2. The van der Waals surface area contributed by atoms with Gasteiger partial charge in [-0.25, -0.2) is 0 Å². The first-order valence-electron chi connectivity index (χ1n) is 13.7. The van der Waals surface area contributed by atoms with Crippen LogP contribution in [0.15, 0.2) is 59.1 Å². The lowest BCUT2D eigenvalue weighted by atomic mass is 9.97. The highest BCUT2D eigenvalue weighted by molar-refractivity contribution is 6.01. The van der Waals surface area contributed by atoms with Gasteiger partial charge < -0.3 is 24.8 Å². The van der Waals surface area contributed by atoms with Gasteiger partial charge in [0.05, 0.1) is 25.4 Å². The SMILES string of the molecule is CNC(C)C(=O)NC1CCc2ccccc2N(Cc2c(OC)ccc3cc(Cc4c(C)noc4C)ccc23)C1=O. The summed E-state index contributed by atoms with van der Waals surface area (Å²) in [6.07, 6.45) is 1.95. The molecule has 0 saturated carbocycles. The lowest BCUT2D eigenvalue weighted by Crippen LogP contribution is -2.52. The van der Waals surface area contributed by atoms with E-state index < -0.39 is 12.1 Å². The predicted octanol–water partition coefficient (Wildman–Crippen LogP) is 4.62. The number of para-hydroxylation sites is 1. The number of hydrogen-bond acceptors (Lipinski definition) is 6. The summed E-state index contributed by atoms with van der Waals surface area (Å²) in [7, 11) is 3.38. The monoisotopic (exact) mass is 540 g/mol. The van der Waals surface area contributed by atoms with Crippen LogP contribution in [0.1, 0.15) is 47.1 Å². The van der Waals surface area contributed by atoms with Crippen molar-refractivity contribution >= 4 is 28.3 Å². The number of hydrogen-bond donors (Lipinski definition) is 2. The fourth-order valence-corrected chi connectivity index (χ4v) is 5.45. The van der Waals surface area contributed by atoms with Crippen LogP contribution in [0.2, 0.25) is 0 Å². The molecule has 4 aromatic rings. The van der Waals surface area contributed by atoms with Gasteiger partial charge in [0.1, 0.15) is 17.6 Å². The number of benzene rings is 3. The van der Waals surface area contributed by atoms with Gasteiger partial charge in [0.25, 0.3) is 0 Å². The van der Waals surface area contributed by atoms with Crippen molar-refractivity contribution < 1.29 is 18.8 Å². The second-order valence-corrected chi connectivity index (χ2v) is 10.4. The van der Waals surface area contributed by atoms with Gasteiger partial charge in [-0.2, -0.15) is 0 Å². The number of rotatable bonds is 8. The van der Waals surface area contributed by atoms with E-state index in [4.69, 9.17) is 9.26 Å². The van der Waals surface area contributed by atoms with Crippen molar-refractivity contribution in [2.75, 3.05) is 19.1 Å². The van der Waals surface area contributed by atoms with Crippen LogP contribution in [0.4, 0.5) is 5.69 Å². The minimum atomic E-state index is -0.627. The summed E-state index contributed by atoms with van der Waals surface area (Å²) in [6.45, 7) is 5.99. The molecule has 1 aliphatic heterocycles. The number of aromatic nitrogens is 1. The second kappa shape index (κ2) is 11.5. The second-order valence-electron chi connectivity index (χ2n) is 10.4. The van der Waals surface area contributed by atoms with Crippen LogP contribution in [-0.4, -0.2) is 43.2 Å². The topological polar surface area (TPSA) is 96.7 Å². The Morgan fingerprint density at radius 1 is 1.15 bits per heavy atom. The zero-order valence-electron chi connectivity index (χ0n) is 23.7. The molecular formula is C32H36N4O4. The van der Waals surface area contributed by atoms with Crippen molar-refractivity contribution in [1.29, 1.82) is 0 Å². The first-order valence-corrected chi connectivity index (χ1v) is 13.7. The van der Waals surface area contributed by atoms with Crippen molar-refractivity contribution in [3.63, 3.8) is 0 Å². The molecule has 208 valence electrons. The molecule has 3 aromatic carbocycles. The average Bonchev–Trinajstić information content (AvgIpc) is 3.22. The Balaban J connectivity index is 1.53. The molecule has 1 aliphatic rings. The number of nitrogens with one attached hydrogen (secondary N) is 2. The largest absolute Gasteiger partial charge is 0.496 e. The summed E-state index contributed by atoms with van der Waals surface area (Å²) in [5, 5.41) is 12.1. The van der Waals surface area contributed by atoms with Gasteiger partial charge in [-0.1, -0.05) is 47.6 Å². The first-order chi connectivity index (χ1) is 19.3. The molecule has 0 bridgehead atoms. The third-order valence-electron chi connectivity index (χ3n) is 7.94. The number of carbonyl (C=O) groups is 2. The third-order valence-corrected chi connectivity index (χ3v) is 7.94. The van der Waals surface area contributed by atoms with Crippen LogP contribution in [0.3, 0.4) is 0 Å². The smallest absolute Gasteiger partial charge is 0.249 e. The maximum atomic E-state index is 14.0. The van der Waals surface area contributed by atoms with Crippen LogP contribution < -0.4 is 20.3 Å². The number of likely N-dealkylation sites (N-methyl/N-ethyl adjacent to an activating group) is 1. The number of aryl methyl sites for hydroxylation is 3. The Morgan fingerprint density at radius 3 is 2.67 bits per heavy atom. The van der Waals surface area contributed by atoms with Crippen LogP contribution in [0, 0.1) is 13.8 Å². The molecule has 1 aromatic heterocycles. The van der Waals surface area contributed by atoms with Crippen LogP contribution in [0.25, 0.3) is 10.8 Å². The molecule has 0 fully saturated rings. The van der Waals surface area contributed by atoms with Gasteiger partial charge in [-0.15, -0.1) is 0 Å². The van der Waals surface area contributed by atoms with E-state index in [1.165, 1.54) is 0 Å². The van der Waals surface area contributed by atoms with Crippen LogP contribution >= 0.6 is 0 Å². The van der Waals surface area contributed by atoms with Crippen molar-refractivity contribution in [1.82, 2.24) is 15.8 Å². The highest BCUT2D eigenvalue weighted by atomic mass is 16.5. The van der Waals surface area contributed by atoms with Gasteiger partial charge in [0.2, 0.25) is 11.8 Å². The van der Waals surface area contributed by atoms with E-state index in [0.717, 1.165) is 56.6 Å². The number of anilines is 1. The highest BCUT2D eigenvalue weighted by Crippen LogP contribution is 2.35. The predicted molar refractivity (Wildman–Crippen MR) is 156 cm³/mol. The number of fused-ring (bicyclic) bond motifs is 2. The van der Waals surface area contributed by atoms with E-state index in [0.29, 0.717) is 25.1 Å². The normalized spacial score (nSPS) is 16.0. The zero-order valence-corrected chi connectivity index (χ0v) is 23.7. The Bertz CT molecular complexity index is 1540. The van der Waals surface area contributed by atoms with Gasteiger partial charge in [-0.3, -0.25) is 9.59 Å². The molecule has 2 heterocycles. The van der Waals surface area contributed by atoms with Gasteiger partial charge in [-0.05, 0) is 74.7 Å². The lowest BCUT2D eigenvalue weighted by molar-refractivity contribution is -0.128. The molecule has 8 nitrogen and oxygen atoms in total. The standard InChI is InChI=1S/C32H36N4O4/c1-19-26(21(3)40-35-19)17-22-10-13-25-24(16-22)12-15-30(39-5)27(25)18-36-29-9-7-6-8-23(29)11-14-28(32(36)38)34-31(37)20(2)33-4/h6-10,12-13,15-16,20,28,33H,11,14,17-18H2,1-5H3,(H,34,37).